The summed E-state index contributed by atoms with van der Waals surface area (Å²) in [5.74, 6) is 7.88. The Hall–Kier alpha value is -0.600. The number of aliphatic hydroxyl groups is 1. The van der Waals surface area contributed by atoms with Gasteiger partial charge in [0.15, 0.2) is 0 Å². The molecule has 3 aliphatic carbocycles. The summed E-state index contributed by atoms with van der Waals surface area (Å²) < 4.78 is 0. The summed E-state index contributed by atoms with van der Waals surface area (Å²) in [7, 11) is 30.5. The summed E-state index contributed by atoms with van der Waals surface area (Å²) in [6.45, 7) is 46.5. The van der Waals surface area contributed by atoms with E-state index in [-0.39, 0.29) is 6.10 Å². The SMILES string of the molecule is CC1CC2(C1)CN(C)C2.CC1CC2(CCN(C)C2)C1.CC1CCN(C)C1.CN1CCC2(C1)CN(C)C2.CN1CCCN(C)CC1.CN1CCN(C)CC(O)C1.CN1C[C@@H]2CCCN(C)[C@@H]2C1.CNCC1CC1C.C[C@@H]1CCN(C)C1.C[C@H]1CCN(C)C1. The number of β-amino-alcohol motifs (C(OH)–C–C–N with tert-alkyl or cyclic N) is 1. The van der Waals surface area contributed by atoms with Gasteiger partial charge in [0, 0.05) is 123 Å². The Balaban J connectivity index is 0.000000177. The van der Waals surface area contributed by atoms with Crippen LogP contribution in [0.15, 0.2) is 0 Å². The molecule has 14 rings (SSSR count). The van der Waals surface area contributed by atoms with Crippen LogP contribution in [0, 0.1) is 63.6 Å². The topological polar surface area (TPSA) is 74.4 Å². The van der Waals surface area contributed by atoms with E-state index in [4.69, 9.17) is 0 Å². The van der Waals surface area contributed by atoms with Gasteiger partial charge in [-0.25, -0.2) is 0 Å². The van der Waals surface area contributed by atoms with E-state index in [1.165, 1.54) is 227 Å². The summed E-state index contributed by atoms with van der Waals surface area (Å²) in [4.78, 5) is 31.0. The number of aliphatic hydroxyl groups excluding tert-OH is 1. The number of hydrogen-bond donors (Lipinski definition) is 2. The second-order valence-corrected chi connectivity index (χ2v) is 33.7. The van der Waals surface area contributed by atoms with E-state index < -0.39 is 0 Å². The largest absolute Gasteiger partial charge is 0.390 e. The predicted molar refractivity (Wildman–Crippen MR) is 376 cm³/mol. The van der Waals surface area contributed by atoms with E-state index in [9.17, 15) is 5.11 Å². The van der Waals surface area contributed by atoms with Crippen LogP contribution in [0.25, 0.3) is 0 Å². The molecule has 514 valence electrons. The molecular weight excluding hydrogens is 1080 g/mol. The molecule has 0 amide bonds. The van der Waals surface area contributed by atoms with Crippen LogP contribution in [-0.2, 0) is 0 Å². The van der Waals surface area contributed by atoms with Crippen molar-refractivity contribution in [2.75, 3.05) is 269 Å². The van der Waals surface area contributed by atoms with Crippen molar-refractivity contribution in [3.8, 4) is 0 Å². The van der Waals surface area contributed by atoms with Crippen molar-refractivity contribution in [1.82, 2.24) is 69.0 Å². The number of nitrogens with one attached hydrogen (secondary N) is 1. The van der Waals surface area contributed by atoms with Gasteiger partial charge in [0.05, 0.1) is 6.10 Å². The highest BCUT2D eigenvalue weighted by Crippen LogP contribution is 2.52. The van der Waals surface area contributed by atoms with Crippen molar-refractivity contribution in [1.29, 1.82) is 0 Å². The summed E-state index contributed by atoms with van der Waals surface area (Å²) in [6.07, 6.45) is 18.5. The van der Waals surface area contributed by atoms with Gasteiger partial charge in [0.25, 0.3) is 0 Å². The second-order valence-electron chi connectivity index (χ2n) is 33.7. The summed E-state index contributed by atoms with van der Waals surface area (Å²) in [6, 6.07) is 0.869. The molecule has 87 heavy (non-hydrogen) atoms. The van der Waals surface area contributed by atoms with Crippen molar-refractivity contribution >= 4 is 0 Å². The normalized spacial score (nSPS) is 34.0. The second kappa shape index (κ2) is 38.1. The van der Waals surface area contributed by atoms with Crippen molar-refractivity contribution in [2.45, 2.75) is 137 Å². The molecule has 15 heteroatoms. The van der Waals surface area contributed by atoms with Crippen LogP contribution >= 0.6 is 0 Å². The molecule has 3 spiro atoms. The maximum Gasteiger partial charge on any atom is 0.0793 e. The van der Waals surface area contributed by atoms with Gasteiger partial charge < -0.3 is 74.1 Å². The van der Waals surface area contributed by atoms with Crippen LogP contribution in [-0.4, -0.2) is 350 Å². The lowest BCUT2D eigenvalue weighted by atomic mass is 9.58. The van der Waals surface area contributed by atoms with E-state index in [2.05, 4.69) is 188 Å². The monoisotopic (exact) mass is 1230 g/mol. The van der Waals surface area contributed by atoms with Gasteiger partial charge in [-0.2, -0.15) is 0 Å². The minimum absolute atomic E-state index is 0.169. The van der Waals surface area contributed by atoms with E-state index in [0.29, 0.717) is 5.41 Å². The first kappa shape index (κ1) is 77.1. The number of rotatable bonds is 2. The van der Waals surface area contributed by atoms with Crippen molar-refractivity contribution in [3.63, 3.8) is 0 Å². The zero-order chi connectivity index (χ0) is 64.1. The van der Waals surface area contributed by atoms with E-state index in [1.807, 2.05) is 21.1 Å². The molecule has 3 unspecified atom stereocenters. The highest BCUT2D eigenvalue weighted by molar-refractivity contribution is 5.02. The molecule has 14 aliphatic rings. The maximum atomic E-state index is 9.35. The Morgan fingerprint density at radius 3 is 1.07 bits per heavy atom. The van der Waals surface area contributed by atoms with Gasteiger partial charge in [-0.05, 0) is 299 Å². The average Bonchev–Trinajstić information content (AvgIpc) is 1.76. The maximum absolute atomic E-state index is 9.35. The molecule has 0 aromatic heterocycles. The quantitative estimate of drug-likeness (QED) is 0.293. The molecule has 0 radical (unpaired) electrons. The Morgan fingerprint density at radius 2 is 0.747 bits per heavy atom. The van der Waals surface area contributed by atoms with Crippen LogP contribution in [0.2, 0.25) is 0 Å². The lowest BCUT2D eigenvalue weighted by Gasteiger charge is -2.57. The van der Waals surface area contributed by atoms with Gasteiger partial charge in [-0.1, -0.05) is 41.5 Å². The van der Waals surface area contributed by atoms with Crippen LogP contribution in [0.3, 0.4) is 0 Å². The van der Waals surface area contributed by atoms with Crippen LogP contribution < -0.4 is 5.32 Å². The Labute approximate surface area is 541 Å². The molecule has 2 N–H and O–H groups in total. The number of nitrogens with zero attached hydrogens (tertiary/aromatic N) is 13. The fourth-order valence-corrected chi connectivity index (χ4v) is 17.7. The third-order valence-electron chi connectivity index (χ3n) is 22.5. The molecule has 3 saturated carbocycles. The molecule has 11 aliphatic heterocycles. The Morgan fingerprint density at radius 1 is 0.356 bits per heavy atom. The lowest BCUT2D eigenvalue weighted by Crippen LogP contribution is -2.60. The number of piperidine rings is 1. The number of hydrogen-bond acceptors (Lipinski definition) is 15. The third kappa shape index (κ3) is 28.9. The fourth-order valence-electron chi connectivity index (χ4n) is 17.7. The van der Waals surface area contributed by atoms with Gasteiger partial charge in [-0.3, -0.25) is 0 Å². The summed E-state index contributed by atoms with van der Waals surface area (Å²) in [5, 5.41) is 12.5. The molecule has 11 heterocycles. The summed E-state index contributed by atoms with van der Waals surface area (Å²) >= 11 is 0. The fraction of sp³-hybridized carbons (Fsp3) is 1.00. The van der Waals surface area contributed by atoms with Crippen LogP contribution in [0.4, 0.5) is 0 Å². The first-order chi connectivity index (χ1) is 41.1. The molecule has 11 saturated heterocycles. The molecule has 0 bridgehead atoms. The highest BCUT2D eigenvalue weighted by Gasteiger charge is 2.49. The summed E-state index contributed by atoms with van der Waals surface area (Å²) in [5.41, 5.74) is 2.31. The molecular formula is C72H150N14O. The van der Waals surface area contributed by atoms with Gasteiger partial charge in [0.1, 0.15) is 0 Å². The molecule has 0 aromatic carbocycles. The molecule has 7 atom stereocenters. The minimum Gasteiger partial charge on any atom is -0.390 e. The zero-order valence-electron chi connectivity index (χ0n) is 61.6. The van der Waals surface area contributed by atoms with Crippen molar-refractivity contribution in [2.24, 2.45) is 63.6 Å². The van der Waals surface area contributed by atoms with Gasteiger partial charge in [0.2, 0.25) is 0 Å². The Kier molecular flexibility index (Phi) is 33.7. The minimum atomic E-state index is -0.169. The zero-order valence-corrected chi connectivity index (χ0v) is 61.6. The predicted octanol–water partition coefficient (Wildman–Crippen LogP) is 7.20. The van der Waals surface area contributed by atoms with Crippen molar-refractivity contribution < 1.29 is 5.11 Å². The molecule has 15 nitrogen and oxygen atoms in total. The van der Waals surface area contributed by atoms with E-state index in [1.54, 1.807) is 0 Å². The first-order valence-electron chi connectivity index (χ1n) is 36.3. The third-order valence-corrected chi connectivity index (χ3v) is 22.5. The van der Waals surface area contributed by atoms with Gasteiger partial charge in [-0.15, -0.1) is 0 Å². The van der Waals surface area contributed by atoms with Crippen molar-refractivity contribution in [3.05, 3.63) is 0 Å². The lowest BCUT2D eigenvalue weighted by molar-refractivity contribution is -0.0758. The van der Waals surface area contributed by atoms with Crippen LogP contribution in [0.1, 0.15) is 125 Å². The Bertz CT molecular complexity index is 1650. The van der Waals surface area contributed by atoms with Crippen LogP contribution in [0.5, 0.6) is 0 Å². The highest BCUT2D eigenvalue weighted by atomic mass is 16.3. The number of likely N-dealkylation sites (N-methyl/N-ethyl adjacent to an activating group) is 6. The average molecular weight is 1230 g/mol. The van der Waals surface area contributed by atoms with E-state index >= 15 is 0 Å². The molecule has 14 fully saturated rings. The molecule has 0 aromatic rings. The standard InChI is InChI=1S/C9H18N2.C9H17N.C8H16N2.C8H15N.C7H16N2O.C7H16N2.4C6H13N/c1-10-6-8-4-3-5-11(2)9(8)7-10;1-8-5-9(6-8)3-4-10(2)7-9;1-9-4-3-8(5-9)6-10(2)7-8;1-7-3-8(4-7)5-9(2)6-8;1-8-3-4-9(2)6-7(10)5-8;1-8-4-3-5-9(2)7-6-8;1-5-3-6(5)4-7-2;3*1-6-3-4-7(2)5-6/h8-9H,3-7H2,1-2H3;8H,3-7H2,1-2H3;3-7H2,1-2H3;7H,3-6H2,1-2H3;7,10H,3-6H2,1-2H3;3-7H2,1-2H3;5-7H,3-4H2,1-2H3;3*6H,3-5H2,1-2H3/t8-,9+;;;;;;;2*6-;/m0......10./s1. The first-order valence-corrected chi connectivity index (χ1v) is 36.3. The number of fused-ring (bicyclic) bond motifs is 1. The van der Waals surface area contributed by atoms with E-state index in [0.717, 1.165) is 90.4 Å². The smallest absolute Gasteiger partial charge is 0.0793 e. The van der Waals surface area contributed by atoms with Gasteiger partial charge >= 0.3 is 0 Å². The number of likely N-dealkylation sites (tertiary alicyclic amines) is 9.